The maximum Gasteiger partial charge on any atom is 0.225 e. The van der Waals surface area contributed by atoms with Gasteiger partial charge in [-0.25, -0.2) is 9.67 Å². The predicted molar refractivity (Wildman–Crippen MR) is 132 cm³/mol. The lowest BCUT2D eigenvalue weighted by Gasteiger charge is -2.36. The second kappa shape index (κ2) is 8.91. The van der Waals surface area contributed by atoms with Crippen LogP contribution in [0.15, 0.2) is 53.3 Å². The van der Waals surface area contributed by atoms with Crippen LogP contribution in [0.5, 0.6) is 5.75 Å². The normalized spacial score (nSPS) is 14.8. The summed E-state index contributed by atoms with van der Waals surface area (Å²) in [5.41, 5.74) is 8.77. The first-order chi connectivity index (χ1) is 17.2. The number of ether oxygens (including phenoxy) is 1. The van der Waals surface area contributed by atoms with Crippen molar-refractivity contribution in [2.24, 2.45) is 0 Å². The van der Waals surface area contributed by atoms with Crippen molar-refractivity contribution in [3.8, 4) is 17.3 Å². The molecular formula is C24H27N9O2. The summed E-state index contributed by atoms with van der Waals surface area (Å²) in [7, 11) is 0. The molecule has 0 amide bonds. The van der Waals surface area contributed by atoms with Gasteiger partial charge in [0.2, 0.25) is 11.8 Å². The molecule has 5 aromatic rings. The first-order valence-electron chi connectivity index (χ1n) is 11.8. The Balaban J connectivity index is 1.13. The summed E-state index contributed by atoms with van der Waals surface area (Å²) in [5, 5.41) is 9.83. The Morgan fingerprint density at radius 1 is 1.00 bits per heavy atom. The fourth-order valence-electron chi connectivity index (χ4n) is 4.52. The maximum absolute atomic E-state index is 6.21. The fourth-order valence-corrected chi connectivity index (χ4v) is 4.52. The number of hydrogen-bond acceptors (Lipinski definition) is 9. The number of nitrogens with two attached hydrogens (primary N) is 1. The van der Waals surface area contributed by atoms with Crippen LogP contribution >= 0.6 is 0 Å². The smallest absolute Gasteiger partial charge is 0.225 e. The van der Waals surface area contributed by atoms with Gasteiger partial charge < -0.3 is 19.8 Å². The largest absolute Gasteiger partial charge is 0.494 e. The highest BCUT2D eigenvalue weighted by molar-refractivity contribution is 5.90. The average molecular weight is 474 g/mol. The SMILES string of the molecule is CCOc1ccc(N2CCN(CCn3ncc4c3nc(N)n3nc(-c5ccco5)nc43)CC2)cc1. The van der Waals surface area contributed by atoms with Crippen LogP contribution in [0.3, 0.4) is 0 Å². The summed E-state index contributed by atoms with van der Waals surface area (Å²) < 4.78 is 14.4. The molecule has 1 saturated heterocycles. The van der Waals surface area contributed by atoms with Crippen LogP contribution in [0.25, 0.3) is 28.3 Å². The van der Waals surface area contributed by atoms with Crippen LogP contribution in [0.1, 0.15) is 6.92 Å². The number of nitrogens with zero attached hydrogens (tertiary/aromatic N) is 8. The van der Waals surface area contributed by atoms with Crippen LogP contribution in [0.2, 0.25) is 0 Å². The van der Waals surface area contributed by atoms with Crippen LogP contribution in [0.4, 0.5) is 11.6 Å². The van der Waals surface area contributed by atoms with Crippen molar-refractivity contribution in [3.05, 3.63) is 48.9 Å². The molecule has 1 fully saturated rings. The second-order valence-electron chi connectivity index (χ2n) is 8.48. The lowest BCUT2D eigenvalue weighted by Crippen LogP contribution is -2.47. The molecule has 35 heavy (non-hydrogen) atoms. The number of benzene rings is 1. The highest BCUT2D eigenvalue weighted by atomic mass is 16.5. The molecule has 0 radical (unpaired) electrons. The number of anilines is 2. The third-order valence-corrected chi connectivity index (χ3v) is 6.35. The number of aromatic nitrogens is 6. The van der Waals surface area contributed by atoms with Gasteiger partial charge in [0, 0.05) is 38.4 Å². The molecule has 0 bridgehead atoms. The third kappa shape index (κ3) is 4.03. The molecule has 0 saturated carbocycles. The highest BCUT2D eigenvalue weighted by Crippen LogP contribution is 2.24. The van der Waals surface area contributed by atoms with Gasteiger partial charge in [-0.2, -0.15) is 14.6 Å². The van der Waals surface area contributed by atoms with Crippen molar-refractivity contribution in [3.63, 3.8) is 0 Å². The Labute approximate surface area is 201 Å². The Morgan fingerprint density at radius 3 is 2.57 bits per heavy atom. The van der Waals surface area contributed by atoms with Crippen molar-refractivity contribution in [2.45, 2.75) is 13.5 Å². The highest BCUT2D eigenvalue weighted by Gasteiger charge is 2.20. The molecule has 0 unspecified atom stereocenters. The van der Waals surface area contributed by atoms with Crippen molar-refractivity contribution < 1.29 is 9.15 Å². The summed E-state index contributed by atoms with van der Waals surface area (Å²) >= 11 is 0. The number of piperazine rings is 1. The van der Waals surface area contributed by atoms with E-state index in [1.54, 1.807) is 18.5 Å². The topological polar surface area (TPSA) is 116 Å². The molecule has 4 aromatic heterocycles. The second-order valence-corrected chi connectivity index (χ2v) is 8.48. The molecule has 0 aliphatic carbocycles. The van der Waals surface area contributed by atoms with E-state index >= 15 is 0 Å². The minimum Gasteiger partial charge on any atom is -0.494 e. The quantitative estimate of drug-likeness (QED) is 0.381. The molecule has 5 heterocycles. The van der Waals surface area contributed by atoms with Crippen molar-refractivity contribution in [1.29, 1.82) is 0 Å². The Hall–Kier alpha value is -4.12. The predicted octanol–water partition coefficient (Wildman–Crippen LogP) is 2.54. The van der Waals surface area contributed by atoms with Crippen LogP contribution in [-0.2, 0) is 6.54 Å². The molecule has 2 N–H and O–H groups in total. The van der Waals surface area contributed by atoms with Gasteiger partial charge in [-0.3, -0.25) is 4.90 Å². The van der Waals surface area contributed by atoms with E-state index in [0.29, 0.717) is 36.0 Å². The Morgan fingerprint density at radius 2 is 1.83 bits per heavy atom. The molecule has 0 atom stereocenters. The van der Waals surface area contributed by atoms with Crippen LogP contribution in [-0.4, -0.2) is 73.6 Å². The average Bonchev–Trinajstić information content (AvgIpc) is 3.64. The van der Waals surface area contributed by atoms with E-state index in [2.05, 4.69) is 42.1 Å². The molecular weight excluding hydrogens is 446 g/mol. The molecule has 6 rings (SSSR count). The van der Waals surface area contributed by atoms with E-state index in [1.165, 1.54) is 10.2 Å². The van der Waals surface area contributed by atoms with E-state index in [4.69, 9.17) is 14.9 Å². The minimum absolute atomic E-state index is 0.267. The number of fused-ring (bicyclic) bond motifs is 3. The standard InChI is InChI=1S/C24H27N9O2/c1-2-34-18-7-5-17(6-8-18)31-12-9-30(10-13-31)11-14-32-22-19(16-26-32)23-27-21(20-4-3-15-35-20)29-33(23)24(25)28-22/h3-8,15-16H,2,9-14H2,1H3,(H2,25,28). The molecule has 11 heteroatoms. The summed E-state index contributed by atoms with van der Waals surface area (Å²) in [6.45, 7) is 8.22. The van der Waals surface area contributed by atoms with Gasteiger partial charge in [0.25, 0.3) is 0 Å². The van der Waals surface area contributed by atoms with E-state index in [-0.39, 0.29) is 5.95 Å². The van der Waals surface area contributed by atoms with Gasteiger partial charge in [0.1, 0.15) is 5.75 Å². The maximum atomic E-state index is 6.21. The summed E-state index contributed by atoms with van der Waals surface area (Å²) in [6.07, 6.45) is 3.37. The molecule has 11 nitrogen and oxygen atoms in total. The van der Waals surface area contributed by atoms with E-state index in [9.17, 15) is 0 Å². The van der Waals surface area contributed by atoms with E-state index in [0.717, 1.165) is 43.9 Å². The third-order valence-electron chi connectivity index (χ3n) is 6.35. The zero-order chi connectivity index (χ0) is 23.8. The van der Waals surface area contributed by atoms with E-state index < -0.39 is 0 Å². The van der Waals surface area contributed by atoms with Gasteiger partial charge in [-0.05, 0) is 43.3 Å². The Bertz CT molecular complexity index is 1430. The van der Waals surface area contributed by atoms with Crippen molar-refractivity contribution in [2.75, 3.05) is 50.0 Å². The zero-order valence-electron chi connectivity index (χ0n) is 19.5. The molecule has 1 aliphatic rings. The summed E-state index contributed by atoms with van der Waals surface area (Å²) in [4.78, 5) is 14.1. The van der Waals surface area contributed by atoms with Gasteiger partial charge in [0.05, 0.1) is 31.0 Å². The number of rotatable bonds is 7. The molecule has 0 spiro atoms. The first-order valence-corrected chi connectivity index (χ1v) is 11.8. The van der Waals surface area contributed by atoms with E-state index in [1.807, 2.05) is 29.8 Å². The van der Waals surface area contributed by atoms with Crippen LogP contribution in [0, 0.1) is 0 Å². The number of nitrogen functional groups attached to an aromatic ring is 1. The van der Waals surface area contributed by atoms with Crippen LogP contribution < -0.4 is 15.4 Å². The van der Waals surface area contributed by atoms with Gasteiger partial charge in [0.15, 0.2) is 17.1 Å². The monoisotopic (exact) mass is 473 g/mol. The fraction of sp³-hybridized carbons (Fsp3) is 0.333. The first kappa shape index (κ1) is 21.4. The van der Waals surface area contributed by atoms with Crippen molar-refractivity contribution in [1.82, 2.24) is 34.3 Å². The Kier molecular flexibility index (Phi) is 5.45. The molecule has 180 valence electrons. The lowest BCUT2D eigenvalue weighted by atomic mass is 10.2. The molecule has 1 aliphatic heterocycles. The van der Waals surface area contributed by atoms with Gasteiger partial charge in [-0.15, -0.1) is 5.10 Å². The molecule has 1 aromatic carbocycles. The van der Waals surface area contributed by atoms with Gasteiger partial charge >= 0.3 is 0 Å². The summed E-state index contributed by atoms with van der Waals surface area (Å²) in [6, 6.07) is 12.0. The zero-order valence-corrected chi connectivity index (χ0v) is 19.5. The van der Waals surface area contributed by atoms with Crippen molar-refractivity contribution >= 4 is 28.3 Å². The number of furan rings is 1. The minimum atomic E-state index is 0.267. The number of hydrogen-bond donors (Lipinski definition) is 1. The summed E-state index contributed by atoms with van der Waals surface area (Å²) in [5.74, 6) is 2.23. The lowest BCUT2D eigenvalue weighted by molar-refractivity contribution is 0.245. The van der Waals surface area contributed by atoms with Gasteiger partial charge in [-0.1, -0.05) is 0 Å².